The highest BCUT2D eigenvalue weighted by Crippen LogP contribution is 2.28. The number of fused-ring (bicyclic) bond motifs is 1. The van der Waals surface area contributed by atoms with Gasteiger partial charge in [0.2, 0.25) is 0 Å². The van der Waals surface area contributed by atoms with Gasteiger partial charge in [-0.1, -0.05) is 11.2 Å². The van der Waals surface area contributed by atoms with E-state index in [0.717, 1.165) is 37.4 Å². The van der Waals surface area contributed by atoms with E-state index < -0.39 is 0 Å². The first kappa shape index (κ1) is 13.3. The van der Waals surface area contributed by atoms with Gasteiger partial charge in [0.15, 0.2) is 0 Å². The fourth-order valence-corrected chi connectivity index (χ4v) is 3.03. The first-order valence-electron chi connectivity index (χ1n) is 7.55. The van der Waals surface area contributed by atoms with Gasteiger partial charge in [-0.15, -0.1) is 0 Å². The number of hydrogen-bond donors (Lipinski definition) is 1. The maximum Gasteiger partial charge on any atom is 0.137 e. The molecule has 1 N–H and O–H groups in total. The number of nitrogens with one attached hydrogen (secondary N) is 1. The van der Waals surface area contributed by atoms with Gasteiger partial charge >= 0.3 is 0 Å². The van der Waals surface area contributed by atoms with Crippen molar-refractivity contribution in [2.45, 2.75) is 19.9 Å². The summed E-state index contributed by atoms with van der Waals surface area (Å²) >= 11 is 0. The van der Waals surface area contributed by atoms with E-state index in [2.05, 4.69) is 38.4 Å². The largest absolute Gasteiger partial charge is 0.364 e. The third-order valence-corrected chi connectivity index (χ3v) is 4.33. The van der Waals surface area contributed by atoms with E-state index in [1.54, 1.807) is 6.26 Å². The summed E-state index contributed by atoms with van der Waals surface area (Å²) in [6.07, 6.45) is 9.01. The Labute approximate surface area is 128 Å². The molecule has 0 aromatic carbocycles. The lowest BCUT2D eigenvalue weighted by molar-refractivity contribution is 0.292. The van der Waals surface area contributed by atoms with E-state index in [9.17, 15) is 0 Å². The van der Waals surface area contributed by atoms with Crippen molar-refractivity contribution in [3.63, 3.8) is 0 Å². The van der Waals surface area contributed by atoms with Crippen LogP contribution >= 0.6 is 0 Å². The number of rotatable bonds is 3. The Kier molecular flexibility index (Phi) is 3.27. The monoisotopic (exact) mass is 294 g/mol. The molecule has 0 unspecified atom stereocenters. The third-order valence-electron chi connectivity index (χ3n) is 4.33. The Morgan fingerprint density at radius 2 is 2.36 bits per heavy atom. The molecule has 3 aromatic heterocycles. The molecular weight excluding hydrogens is 276 g/mol. The van der Waals surface area contributed by atoms with E-state index in [1.807, 2.05) is 19.2 Å². The van der Waals surface area contributed by atoms with Gasteiger partial charge in [-0.3, -0.25) is 4.90 Å². The summed E-state index contributed by atoms with van der Waals surface area (Å²) in [5, 5.41) is 5.15. The zero-order valence-corrected chi connectivity index (χ0v) is 12.5. The molecule has 1 aliphatic rings. The lowest BCUT2D eigenvalue weighted by Crippen LogP contribution is -2.28. The summed E-state index contributed by atoms with van der Waals surface area (Å²) in [6.45, 7) is 4.88. The van der Waals surface area contributed by atoms with Gasteiger partial charge in [-0.2, -0.15) is 0 Å². The van der Waals surface area contributed by atoms with Gasteiger partial charge in [0.25, 0.3) is 0 Å². The lowest BCUT2D eigenvalue weighted by atomic mass is 9.99. The predicted octanol–water partition coefficient (Wildman–Crippen LogP) is 3.15. The van der Waals surface area contributed by atoms with Crippen LogP contribution in [0.5, 0.6) is 0 Å². The van der Waals surface area contributed by atoms with Gasteiger partial charge in [-0.25, -0.2) is 4.98 Å². The molecule has 22 heavy (non-hydrogen) atoms. The van der Waals surface area contributed by atoms with Crippen molar-refractivity contribution in [2.75, 3.05) is 13.1 Å². The van der Waals surface area contributed by atoms with Crippen molar-refractivity contribution >= 4 is 16.6 Å². The molecule has 4 heterocycles. The average Bonchev–Trinajstić information content (AvgIpc) is 3.15. The molecule has 0 spiro atoms. The molecular formula is C17H18N4O. The van der Waals surface area contributed by atoms with Crippen molar-refractivity contribution in [3.8, 4) is 0 Å². The lowest BCUT2D eigenvalue weighted by Gasteiger charge is -2.25. The maximum atomic E-state index is 5.01. The van der Waals surface area contributed by atoms with E-state index in [1.165, 1.54) is 22.1 Å². The molecule has 0 atom stereocenters. The van der Waals surface area contributed by atoms with Crippen molar-refractivity contribution in [2.24, 2.45) is 0 Å². The molecule has 0 saturated carbocycles. The van der Waals surface area contributed by atoms with Crippen LogP contribution < -0.4 is 0 Å². The van der Waals surface area contributed by atoms with E-state index in [-0.39, 0.29) is 0 Å². The van der Waals surface area contributed by atoms with E-state index in [4.69, 9.17) is 4.52 Å². The Morgan fingerprint density at radius 1 is 1.41 bits per heavy atom. The molecule has 4 rings (SSSR count). The second kappa shape index (κ2) is 5.42. The normalized spacial score (nSPS) is 16.1. The average molecular weight is 294 g/mol. The minimum atomic E-state index is 0.897. The maximum absolute atomic E-state index is 5.01. The number of nitrogens with zero attached hydrogens (tertiary/aromatic N) is 3. The van der Waals surface area contributed by atoms with Crippen LogP contribution in [0.25, 0.3) is 16.6 Å². The Balaban J connectivity index is 1.53. The van der Waals surface area contributed by atoms with Gasteiger partial charge in [0.1, 0.15) is 11.9 Å². The zero-order valence-electron chi connectivity index (χ0n) is 12.5. The zero-order chi connectivity index (χ0) is 14.9. The van der Waals surface area contributed by atoms with Crippen LogP contribution in [-0.2, 0) is 6.54 Å². The van der Waals surface area contributed by atoms with Gasteiger partial charge < -0.3 is 9.51 Å². The van der Waals surface area contributed by atoms with Crippen LogP contribution in [0.2, 0.25) is 0 Å². The van der Waals surface area contributed by atoms with Crippen LogP contribution in [0.1, 0.15) is 23.2 Å². The highest BCUT2D eigenvalue weighted by molar-refractivity contribution is 5.90. The molecule has 5 heteroatoms. The van der Waals surface area contributed by atoms with Crippen LogP contribution in [-0.4, -0.2) is 33.1 Å². The fraction of sp³-hybridized carbons (Fsp3) is 0.294. The van der Waals surface area contributed by atoms with Crippen LogP contribution in [0.3, 0.4) is 0 Å². The van der Waals surface area contributed by atoms with Crippen LogP contribution in [0.15, 0.2) is 41.4 Å². The van der Waals surface area contributed by atoms with E-state index >= 15 is 0 Å². The highest BCUT2D eigenvalue weighted by Gasteiger charge is 2.17. The smallest absolute Gasteiger partial charge is 0.137 e. The molecule has 0 fully saturated rings. The second-order valence-corrected chi connectivity index (χ2v) is 5.74. The van der Waals surface area contributed by atoms with Crippen LogP contribution in [0.4, 0.5) is 0 Å². The Morgan fingerprint density at radius 3 is 3.14 bits per heavy atom. The summed E-state index contributed by atoms with van der Waals surface area (Å²) in [5.41, 5.74) is 5.80. The van der Waals surface area contributed by atoms with Gasteiger partial charge in [-0.05, 0) is 31.1 Å². The number of hydrogen-bond acceptors (Lipinski definition) is 4. The number of pyridine rings is 1. The quantitative estimate of drug-likeness (QED) is 0.806. The van der Waals surface area contributed by atoms with Crippen molar-refractivity contribution < 1.29 is 4.52 Å². The molecule has 1 aliphatic heterocycles. The minimum absolute atomic E-state index is 0.897. The first-order valence-corrected chi connectivity index (χ1v) is 7.55. The molecule has 0 radical (unpaired) electrons. The Hall–Kier alpha value is -2.40. The molecule has 112 valence electrons. The predicted molar refractivity (Wildman–Crippen MR) is 85.2 cm³/mol. The summed E-state index contributed by atoms with van der Waals surface area (Å²) in [4.78, 5) is 10.0. The van der Waals surface area contributed by atoms with Gasteiger partial charge in [0, 0.05) is 48.5 Å². The summed E-state index contributed by atoms with van der Waals surface area (Å²) in [5.74, 6) is 0. The number of aromatic nitrogens is 3. The van der Waals surface area contributed by atoms with Gasteiger partial charge in [0.05, 0.1) is 5.69 Å². The van der Waals surface area contributed by atoms with Crippen molar-refractivity contribution in [3.05, 3.63) is 53.7 Å². The number of aromatic amines is 1. The molecule has 0 bridgehead atoms. The van der Waals surface area contributed by atoms with Crippen LogP contribution in [0, 0.1) is 6.92 Å². The SMILES string of the molecule is Cc1nocc1CN1CC=C(c2c[nH]c3ncccc23)CC1. The molecule has 5 nitrogen and oxygen atoms in total. The van der Waals surface area contributed by atoms with E-state index in [0.29, 0.717) is 0 Å². The standard InChI is InChI=1S/C17H18N4O/c1-12-14(11-22-20-12)10-21-7-4-13(5-8-21)16-9-19-17-15(16)3-2-6-18-17/h2-4,6,9,11H,5,7-8,10H2,1H3,(H,18,19). The molecule has 0 saturated heterocycles. The van der Waals surface area contributed by atoms with Crippen molar-refractivity contribution in [1.29, 1.82) is 0 Å². The third kappa shape index (κ3) is 2.33. The molecule has 3 aromatic rings. The number of H-pyrrole nitrogens is 1. The number of aryl methyl sites for hydroxylation is 1. The molecule has 0 amide bonds. The first-order chi connectivity index (χ1) is 10.8. The molecule has 0 aliphatic carbocycles. The topological polar surface area (TPSA) is 58.0 Å². The second-order valence-electron chi connectivity index (χ2n) is 5.74. The Bertz CT molecular complexity index is 830. The minimum Gasteiger partial charge on any atom is -0.364 e. The highest BCUT2D eigenvalue weighted by atomic mass is 16.5. The summed E-state index contributed by atoms with van der Waals surface area (Å²) in [7, 11) is 0. The summed E-state index contributed by atoms with van der Waals surface area (Å²) < 4.78 is 5.01. The van der Waals surface area contributed by atoms with Crippen molar-refractivity contribution in [1.82, 2.24) is 20.0 Å². The summed E-state index contributed by atoms with van der Waals surface area (Å²) in [6, 6.07) is 4.12. The fourth-order valence-electron chi connectivity index (χ4n) is 3.03.